The number of nitrogens with one attached hydrogen (secondary N) is 2. The summed E-state index contributed by atoms with van der Waals surface area (Å²) < 4.78 is 0. The van der Waals surface area contributed by atoms with Gasteiger partial charge in [0, 0.05) is 41.6 Å². The van der Waals surface area contributed by atoms with E-state index in [1.807, 2.05) is 6.20 Å². The van der Waals surface area contributed by atoms with Crippen LogP contribution in [0.1, 0.15) is 30.7 Å². The normalized spacial score (nSPS) is 18.9. The average molecular weight is 285 g/mol. The number of piperidine rings is 1. The monoisotopic (exact) mass is 285 g/mol. The van der Waals surface area contributed by atoms with Crippen LogP contribution in [0.5, 0.6) is 0 Å². The summed E-state index contributed by atoms with van der Waals surface area (Å²) >= 11 is 3.89. The Morgan fingerprint density at radius 1 is 1.56 bits per heavy atom. The van der Waals surface area contributed by atoms with Crippen LogP contribution in [0, 0.1) is 0 Å². The van der Waals surface area contributed by atoms with Crippen molar-refractivity contribution in [2.45, 2.75) is 30.9 Å². The van der Waals surface area contributed by atoms with E-state index in [2.05, 4.69) is 39.7 Å². The molecule has 1 atom stereocenters. The van der Waals surface area contributed by atoms with Gasteiger partial charge in [-0.3, -0.25) is 0 Å². The lowest BCUT2D eigenvalue weighted by Gasteiger charge is -2.22. The van der Waals surface area contributed by atoms with Crippen molar-refractivity contribution < 1.29 is 0 Å². The fraction of sp³-hybridized carbons (Fsp3) is 0.769. The standard InChI is InChI=1S/C13H23N3S2/c1-11(13-16-7-9-18-13)10-15-6-8-17-12-2-4-14-5-3-12/h7,9,11-12,14-15H,2-6,8,10H2,1H3. The van der Waals surface area contributed by atoms with Crippen LogP contribution < -0.4 is 10.6 Å². The van der Waals surface area contributed by atoms with Crippen LogP contribution in [0.25, 0.3) is 0 Å². The van der Waals surface area contributed by atoms with E-state index in [9.17, 15) is 0 Å². The molecule has 18 heavy (non-hydrogen) atoms. The Hall–Kier alpha value is -0.100. The SMILES string of the molecule is CC(CNCCSC1CCNCC1)c1nccs1. The molecule has 0 radical (unpaired) electrons. The van der Waals surface area contributed by atoms with E-state index in [0.29, 0.717) is 5.92 Å². The number of aromatic nitrogens is 1. The quantitative estimate of drug-likeness (QED) is 0.754. The summed E-state index contributed by atoms with van der Waals surface area (Å²) in [4.78, 5) is 4.35. The lowest BCUT2D eigenvalue weighted by Crippen LogP contribution is -2.30. The molecule has 2 rings (SSSR count). The van der Waals surface area contributed by atoms with Crippen molar-refractivity contribution in [2.24, 2.45) is 0 Å². The molecule has 2 N–H and O–H groups in total. The van der Waals surface area contributed by atoms with Crippen LogP contribution in [-0.4, -0.2) is 42.2 Å². The van der Waals surface area contributed by atoms with Crippen LogP contribution in [-0.2, 0) is 0 Å². The lowest BCUT2D eigenvalue weighted by molar-refractivity contribution is 0.531. The third kappa shape index (κ3) is 4.88. The van der Waals surface area contributed by atoms with Crippen LogP contribution in [0.15, 0.2) is 11.6 Å². The summed E-state index contributed by atoms with van der Waals surface area (Å²) in [6, 6.07) is 0. The predicted octanol–water partition coefficient (Wildman–Crippen LogP) is 2.32. The number of hydrogen-bond acceptors (Lipinski definition) is 5. The number of thiazole rings is 1. The Labute approximate surface area is 118 Å². The molecule has 1 aliphatic rings. The van der Waals surface area contributed by atoms with E-state index >= 15 is 0 Å². The summed E-state index contributed by atoms with van der Waals surface area (Å²) in [6.45, 7) is 6.80. The van der Waals surface area contributed by atoms with Gasteiger partial charge >= 0.3 is 0 Å². The Morgan fingerprint density at radius 3 is 3.11 bits per heavy atom. The number of nitrogens with zero attached hydrogens (tertiary/aromatic N) is 1. The van der Waals surface area contributed by atoms with Crippen molar-refractivity contribution in [1.29, 1.82) is 0 Å². The molecule has 0 aromatic carbocycles. The Morgan fingerprint density at radius 2 is 2.39 bits per heavy atom. The first-order chi connectivity index (χ1) is 8.86. The van der Waals surface area contributed by atoms with E-state index < -0.39 is 0 Å². The topological polar surface area (TPSA) is 37.0 Å². The molecule has 1 unspecified atom stereocenters. The van der Waals surface area contributed by atoms with Crippen molar-refractivity contribution >= 4 is 23.1 Å². The maximum atomic E-state index is 4.35. The molecule has 3 nitrogen and oxygen atoms in total. The first kappa shape index (κ1) is 14.3. The molecular weight excluding hydrogens is 262 g/mol. The molecule has 1 fully saturated rings. The molecule has 2 heterocycles. The Balaban J connectivity index is 1.50. The summed E-state index contributed by atoms with van der Waals surface area (Å²) in [5.41, 5.74) is 0. The van der Waals surface area contributed by atoms with Gasteiger partial charge < -0.3 is 10.6 Å². The maximum absolute atomic E-state index is 4.35. The fourth-order valence-electron chi connectivity index (χ4n) is 2.14. The summed E-state index contributed by atoms with van der Waals surface area (Å²) in [7, 11) is 0. The van der Waals surface area contributed by atoms with Crippen LogP contribution in [0.4, 0.5) is 0 Å². The van der Waals surface area contributed by atoms with Gasteiger partial charge in [0.05, 0.1) is 5.01 Å². The molecule has 5 heteroatoms. The Bertz CT molecular complexity index is 310. The zero-order valence-electron chi connectivity index (χ0n) is 11.0. The van der Waals surface area contributed by atoms with Gasteiger partial charge in [-0.25, -0.2) is 4.98 Å². The maximum Gasteiger partial charge on any atom is 0.0965 e. The lowest BCUT2D eigenvalue weighted by atomic mass is 10.2. The van der Waals surface area contributed by atoms with Crippen molar-refractivity contribution in [1.82, 2.24) is 15.6 Å². The third-order valence-corrected chi connectivity index (χ3v) is 5.63. The van der Waals surface area contributed by atoms with Gasteiger partial charge in [0.2, 0.25) is 0 Å². The van der Waals surface area contributed by atoms with E-state index in [4.69, 9.17) is 0 Å². The molecule has 0 aliphatic carbocycles. The fourth-order valence-corrected chi connectivity index (χ4v) is 4.01. The first-order valence-corrected chi connectivity index (χ1v) is 8.71. The van der Waals surface area contributed by atoms with Crippen molar-refractivity contribution in [3.05, 3.63) is 16.6 Å². The molecule has 0 amide bonds. The van der Waals surface area contributed by atoms with Crippen molar-refractivity contribution in [2.75, 3.05) is 31.9 Å². The number of thioether (sulfide) groups is 1. The largest absolute Gasteiger partial charge is 0.317 e. The van der Waals surface area contributed by atoms with Gasteiger partial charge in [-0.2, -0.15) is 11.8 Å². The van der Waals surface area contributed by atoms with Gasteiger partial charge in [-0.05, 0) is 25.9 Å². The highest BCUT2D eigenvalue weighted by Crippen LogP contribution is 2.19. The minimum atomic E-state index is 0.536. The second-order valence-corrected chi connectivity index (χ2v) is 7.13. The molecule has 1 aromatic heterocycles. The summed E-state index contributed by atoms with van der Waals surface area (Å²) in [6.07, 6.45) is 4.56. The molecule has 0 spiro atoms. The average Bonchev–Trinajstić information content (AvgIpc) is 2.93. The van der Waals surface area contributed by atoms with E-state index in [-0.39, 0.29) is 0 Å². The Kier molecular flexibility index (Phi) is 6.48. The van der Waals surface area contributed by atoms with Gasteiger partial charge in [0.1, 0.15) is 0 Å². The molecule has 102 valence electrons. The molecule has 0 bridgehead atoms. The summed E-state index contributed by atoms with van der Waals surface area (Å²) in [5, 5.41) is 11.1. The second kappa shape index (κ2) is 8.15. The predicted molar refractivity (Wildman–Crippen MR) is 81.7 cm³/mol. The first-order valence-electron chi connectivity index (χ1n) is 6.78. The van der Waals surface area contributed by atoms with Gasteiger partial charge in [0.15, 0.2) is 0 Å². The number of hydrogen-bond donors (Lipinski definition) is 2. The molecule has 0 saturated carbocycles. The highest BCUT2D eigenvalue weighted by molar-refractivity contribution is 7.99. The van der Waals surface area contributed by atoms with Gasteiger partial charge in [-0.15, -0.1) is 11.3 Å². The van der Waals surface area contributed by atoms with Crippen molar-refractivity contribution in [3.63, 3.8) is 0 Å². The van der Waals surface area contributed by atoms with Gasteiger partial charge in [-0.1, -0.05) is 6.92 Å². The smallest absolute Gasteiger partial charge is 0.0965 e. The van der Waals surface area contributed by atoms with Crippen LogP contribution >= 0.6 is 23.1 Å². The zero-order valence-corrected chi connectivity index (χ0v) is 12.7. The van der Waals surface area contributed by atoms with E-state index in [0.717, 1.165) is 18.3 Å². The minimum Gasteiger partial charge on any atom is -0.317 e. The van der Waals surface area contributed by atoms with Crippen LogP contribution in [0.2, 0.25) is 0 Å². The van der Waals surface area contributed by atoms with Gasteiger partial charge in [0.25, 0.3) is 0 Å². The molecule has 1 saturated heterocycles. The minimum absolute atomic E-state index is 0.536. The third-order valence-electron chi connectivity index (χ3n) is 3.24. The molecule has 1 aromatic rings. The second-order valence-electron chi connectivity index (χ2n) is 4.80. The number of rotatable bonds is 7. The van der Waals surface area contributed by atoms with Crippen LogP contribution in [0.3, 0.4) is 0 Å². The highest BCUT2D eigenvalue weighted by Gasteiger charge is 2.12. The summed E-state index contributed by atoms with van der Waals surface area (Å²) in [5.74, 6) is 1.77. The molecular formula is C13H23N3S2. The van der Waals surface area contributed by atoms with E-state index in [1.54, 1.807) is 11.3 Å². The zero-order chi connectivity index (χ0) is 12.6. The molecule has 1 aliphatic heterocycles. The van der Waals surface area contributed by atoms with E-state index in [1.165, 1.54) is 36.7 Å². The highest BCUT2D eigenvalue weighted by atomic mass is 32.2. The van der Waals surface area contributed by atoms with Crippen molar-refractivity contribution in [3.8, 4) is 0 Å².